The Morgan fingerprint density at radius 2 is 2.11 bits per heavy atom. The Balaban J connectivity index is 1.71. The summed E-state index contributed by atoms with van der Waals surface area (Å²) in [6.45, 7) is 2.01. The molecule has 1 atom stereocenters. The normalized spacial score (nSPS) is 23.9. The molecule has 1 aliphatic carbocycles. The van der Waals surface area contributed by atoms with E-state index in [1.807, 2.05) is 0 Å². The van der Waals surface area contributed by atoms with Crippen molar-refractivity contribution in [3.63, 3.8) is 0 Å². The Morgan fingerprint density at radius 3 is 2.83 bits per heavy atom. The molecule has 1 saturated carbocycles. The van der Waals surface area contributed by atoms with Crippen LogP contribution in [0.1, 0.15) is 43.7 Å². The van der Waals surface area contributed by atoms with Gasteiger partial charge in [-0.15, -0.1) is 0 Å². The van der Waals surface area contributed by atoms with E-state index in [1.165, 1.54) is 37.7 Å². The van der Waals surface area contributed by atoms with E-state index < -0.39 is 0 Å². The van der Waals surface area contributed by atoms with Crippen molar-refractivity contribution in [2.24, 2.45) is 5.92 Å². The van der Waals surface area contributed by atoms with E-state index in [4.69, 9.17) is 4.74 Å². The molecule has 1 unspecified atom stereocenters. The lowest BCUT2D eigenvalue weighted by Gasteiger charge is -2.24. The Labute approximate surface area is 117 Å². The van der Waals surface area contributed by atoms with Crippen LogP contribution in [0.15, 0.2) is 22.7 Å². The van der Waals surface area contributed by atoms with Crippen LogP contribution in [0.3, 0.4) is 0 Å². The van der Waals surface area contributed by atoms with Crippen molar-refractivity contribution in [3.8, 4) is 5.75 Å². The van der Waals surface area contributed by atoms with Crippen LogP contribution < -0.4 is 10.1 Å². The molecule has 1 aromatic carbocycles. The quantitative estimate of drug-likeness (QED) is 0.906. The lowest BCUT2D eigenvalue weighted by molar-refractivity contribution is 0.297. The molecule has 1 N–H and O–H groups in total. The number of halogens is 1. The van der Waals surface area contributed by atoms with Crippen molar-refractivity contribution < 1.29 is 4.74 Å². The molecule has 0 spiro atoms. The van der Waals surface area contributed by atoms with Gasteiger partial charge in [0.25, 0.3) is 0 Å². The van der Waals surface area contributed by atoms with Crippen LogP contribution in [0, 0.1) is 5.92 Å². The highest BCUT2D eigenvalue weighted by Gasteiger charge is 2.22. The second-order valence-electron chi connectivity index (χ2n) is 5.45. The van der Waals surface area contributed by atoms with Gasteiger partial charge in [0, 0.05) is 6.04 Å². The highest BCUT2D eigenvalue weighted by atomic mass is 79.9. The number of hydrogen-bond donors (Lipinski definition) is 1. The minimum absolute atomic E-state index is 0.509. The van der Waals surface area contributed by atoms with E-state index in [-0.39, 0.29) is 0 Å². The van der Waals surface area contributed by atoms with Crippen LogP contribution in [0.4, 0.5) is 0 Å². The highest BCUT2D eigenvalue weighted by Crippen LogP contribution is 2.34. The van der Waals surface area contributed by atoms with Crippen molar-refractivity contribution in [3.05, 3.63) is 28.2 Å². The molecule has 0 radical (unpaired) electrons. The molecule has 2 aliphatic rings. The van der Waals surface area contributed by atoms with Crippen molar-refractivity contribution in [1.29, 1.82) is 0 Å². The van der Waals surface area contributed by atoms with E-state index in [0.29, 0.717) is 6.04 Å². The summed E-state index contributed by atoms with van der Waals surface area (Å²) in [4.78, 5) is 0. The summed E-state index contributed by atoms with van der Waals surface area (Å²) in [6.07, 6.45) is 6.54. The van der Waals surface area contributed by atoms with Gasteiger partial charge >= 0.3 is 0 Å². The molecule has 1 aliphatic heterocycles. The molecule has 0 amide bonds. The molecule has 1 aromatic rings. The van der Waals surface area contributed by atoms with E-state index in [1.54, 1.807) is 0 Å². The maximum atomic E-state index is 5.92. The predicted octanol–water partition coefficient (Wildman–Crippen LogP) is 4.05. The van der Waals surface area contributed by atoms with Gasteiger partial charge in [0.1, 0.15) is 5.75 Å². The molecule has 0 aromatic heterocycles. The summed E-state index contributed by atoms with van der Waals surface area (Å²) >= 11 is 3.58. The fraction of sp³-hybridized carbons (Fsp3) is 0.600. The molecule has 2 nitrogen and oxygen atoms in total. The lowest BCUT2D eigenvalue weighted by atomic mass is 9.97. The van der Waals surface area contributed by atoms with Crippen LogP contribution in [0.5, 0.6) is 5.75 Å². The van der Waals surface area contributed by atoms with Crippen molar-refractivity contribution >= 4 is 15.9 Å². The van der Waals surface area contributed by atoms with Crippen molar-refractivity contribution in [1.82, 2.24) is 5.32 Å². The summed E-state index contributed by atoms with van der Waals surface area (Å²) in [5.74, 6) is 1.81. The third-order valence-electron chi connectivity index (χ3n) is 3.84. The highest BCUT2D eigenvalue weighted by molar-refractivity contribution is 9.10. The number of piperidine rings is 1. The van der Waals surface area contributed by atoms with Gasteiger partial charge in [-0.2, -0.15) is 0 Å². The summed E-state index contributed by atoms with van der Waals surface area (Å²) in [5, 5.41) is 3.59. The number of benzene rings is 1. The largest absolute Gasteiger partial charge is 0.492 e. The zero-order valence-corrected chi connectivity index (χ0v) is 12.2. The zero-order valence-electron chi connectivity index (χ0n) is 10.6. The first kappa shape index (κ1) is 12.5. The van der Waals surface area contributed by atoms with Gasteiger partial charge in [-0.05, 0) is 71.8 Å². The molecule has 18 heavy (non-hydrogen) atoms. The fourth-order valence-electron chi connectivity index (χ4n) is 2.48. The van der Waals surface area contributed by atoms with Gasteiger partial charge in [0.2, 0.25) is 0 Å². The van der Waals surface area contributed by atoms with Gasteiger partial charge in [-0.1, -0.05) is 12.5 Å². The lowest BCUT2D eigenvalue weighted by Crippen LogP contribution is -2.26. The first-order chi connectivity index (χ1) is 8.83. The summed E-state index contributed by atoms with van der Waals surface area (Å²) in [6, 6.07) is 7.04. The third-order valence-corrected chi connectivity index (χ3v) is 4.49. The molecule has 1 heterocycles. The van der Waals surface area contributed by atoms with Crippen LogP contribution in [0.25, 0.3) is 0 Å². The first-order valence-electron chi connectivity index (χ1n) is 6.98. The Bertz CT molecular complexity index is 411. The maximum Gasteiger partial charge on any atom is 0.133 e. The maximum absolute atomic E-state index is 5.92. The van der Waals surface area contributed by atoms with E-state index >= 15 is 0 Å². The standard InChI is InChI=1S/C15H20BrNO/c16-13-7-6-12(14-3-1-2-8-17-14)9-15(13)18-10-11-4-5-11/h6-7,9,11,14,17H,1-5,8,10H2. The molecule has 1 saturated heterocycles. The predicted molar refractivity (Wildman–Crippen MR) is 77.0 cm³/mol. The fourth-order valence-corrected chi connectivity index (χ4v) is 2.84. The summed E-state index contributed by atoms with van der Waals surface area (Å²) in [5.41, 5.74) is 1.36. The third kappa shape index (κ3) is 3.07. The Kier molecular flexibility index (Phi) is 3.90. The average molecular weight is 310 g/mol. The topological polar surface area (TPSA) is 21.3 Å². The molecule has 98 valence electrons. The van der Waals surface area contributed by atoms with Crippen LogP contribution >= 0.6 is 15.9 Å². The van der Waals surface area contributed by atoms with Gasteiger partial charge in [0.05, 0.1) is 11.1 Å². The molecular formula is C15H20BrNO. The van der Waals surface area contributed by atoms with Gasteiger partial charge < -0.3 is 10.1 Å². The molecule has 0 bridgehead atoms. The minimum Gasteiger partial charge on any atom is -0.492 e. The van der Waals surface area contributed by atoms with Crippen LogP contribution in [0.2, 0.25) is 0 Å². The van der Waals surface area contributed by atoms with Gasteiger partial charge in [-0.3, -0.25) is 0 Å². The number of rotatable bonds is 4. The second kappa shape index (κ2) is 5.62. The zero-order chi connectivity index (χ0) is 12.4. The minimum atomic E-state index is 0.509. The second-order valence-corrected chi connectivity index (χ2v) is 6.30. The van der Waals surface area contributed by atoms with Gasteiger partial charge in [0.15, 0.2) is 0 Å². The van der Waals surface area contributed by atoms with Crippen molar-refractivity contribution in [2.75, 3.05) is 13.2 Å². The van der Waals surface area contributed by atoms with Gasteiger partial charge in [-0.25, -0.2) is 0 Å². The average Bonchev–Trinajstić information content (AvgIpc) is 3.23. The first-order valence-corrected chi connectivity index (χ1v) is 7.78. The van der Waals surface area contributed by atoms with E-state index in [0.717, 1.165) is 29.3 Å². The number of ether oxygens (including phenoxy) is 1. The molecule has 2 fully saturated rings. The number of hydrogen-bond acceptors (Lipinski definition) is 2. The molecular weight excluding hydrogens is 290 g/mol. The van der Waals surface area contributed by atoms with Crippen LogP contribution in [-0.2, 0) is 0 Å². The monoisotopic (exact) mass is 309 g/mol. The van der Waals surface area contributed by atoms with E-state index in [9.17, 15) is 0 Å². The number of nitrogens with one attached hydrogen (secondary N) is 1. The van der Waals surface area contributed by atoms with Crippen molar-refractivity contribution in [2.45, 2.75) is 38.1 Å². The summed E-state index contributed by atoms with van der Waals surface area (Å²) < 4.78 is 6.99. The molecule has 3 rings (SSSR count). The summed E-state index contributed by atoms with van der Waals surface area (Å²) in [7, 11) is 0. The Morgan fingerprint density at radius 1 is 1.22 bits per heavy atom. The molecule has 3 heteroatoms. The Hall–Kier alpha value is -0.540. The SMILES string of the molecule is Brc1ccc(C2CCCCN2)cc1OCC1CC1. The van der Waals surface area contributed by atoms with E-state index in [2.05, 4.69) is 39.4 Å². The van der Waals surface area contributed by atoms with Crippen LogP contribution in [-0.4, -0.2) is 13.2 Å². The smallest absolute Gasteiger partial charge is 0.133 e.